The van der Waals surface area contributed by atoms with Crippen molar-refractivity contribution in [1.82, 2.24) is 14.9 Å². The maximum Gasteiger partial charge on any atom is 0.263 e. The largest absolute Gasteiger partial charge is 0.368 e. The van der Waals surface area contributed by atoms with E-state index in [2.05, 4.69) is 19.6 Å². The Kier molecular flexibility index (Phi) is 6.57. The van der Waals surface area contributed by atoms with E-state index in [1.807, 2.05) is 17.0 Å². The van der Waals surface area contributed by atoms with Crippen molar-refractivity contribution in [2.45, 2.75) is 11.3 Å². The average Bonchev–Trinajstić information content (AvgIpc) is 2.81. The van der Waals surface area contributed by atoms with Gasteiger partial charge in [0.1, 0.15) is 12.1 Å². The predicted molar refractivity (Wildman–Crippen MR) is 123 cm³/mol. The third-order valence-electron chi connectivity index (χ3n) is 5.23. The molecule has 1 saturated heterocycles. The van der Waals surface area contributed by atoms with Crippen LogP contribution in [-0.2, 0) is 21.2 Å². The van der Waals surface area contributed by atoms with Gasteiger partial charge in [-0.2, -0.15) is 0 Å². The number of nitrogens with zero attached hydrogens (tertiary/aromatic N) is 4. The van der Waals surface area contributed by atoms with Crippen molar-refractivity contribution in [2.75, 3.05) is 35.8 Å². The van der Waals surface area contributed by atoms with E-state index in [0.29, 0.717) is 37.6 Å². The minimum atomic E-state index is -3.73. The Labute approximate surface area is 191 Å². The Morgan fingerprint density at radius 3 is 2.28 bits per heavy atom. The van der Waals surface area contributed by atoms with Crippen LogP contribution in [0.15, 0.2) is 72.0 Å². The summed E-state index contributed by atoms with van der Waals surface area (Å²) in [5.41, 5.74) is 1.85. The number of sulfonamides is 1. The summed E-state index contributed by atoms with van der Waals surface area (Å²) < 4.78 is 27.5. The number of piperazine rings is 1. The van der Waals surface area contributed by atoms with E-state index in [0.717, 1.165) is 11.3 Å². The number of hydrogen-bond donors (Lipinski definition) is 1. The molecule has 1 amide bonds. The van der Waals surface area contributed by atoms with E-state index in [1.165, 1.54) is 18.6 Å². The lowest BCUT2D eigenvalue weighted by atomic mass is 10.1. The predicted octanol–water partition coefficient (Wildman–Crippen LogP) is 2.82. The van der Waals surface area contributed by atoms with Crippen LogP contribution in [0.4, 0.5) is 11.5 Å². The molecule has 1 aliphatic rings. The molecule has 0 atom stereocenters. The second-order valence-corrected chi connectivity index (χ2v) is 9.48. The Bertz CT molecular complexity index is 1160. The molecule has 10 heteroatoms. The molecule has 0 aliphatic carbocycles. The standard InChI is InChI=1S/C22H22ClN5O3S/c23-18-3-1-17(2-4-18)15-22(29)28-13-11-27(12-14-28)19-5-7-20(8-6-19)32(30,31)26-21-9-10-24-16-25-21/h1-10,16H,11-15H2,(H,24,25,26). The molecule has 166 valence electrons. The molecular formula is C22H22ClN5O3S. The van der Waals surface area contributed by atoms with Crippen LogP contribution in [0.1, 0.15) is 5.56 Å². The van der Waals surface area contributed by atoms with Crippen LogP contribution in [0.25, 0.3) is 0 Å². The zero-order chi connectivity index (χ0) is 22.6. The van der Waals surface area contributed by atoms with Crippen molar-refractivity contribution < 1.29 is 13.2 Å². The van der Waals surface area contributed by atoms with Crippen LogP contribution >= 0.6 is 11.6 Å². The summed E-state index contributed by atoms with van der Waals surface area (Å²) >= 11 is 5.90. The lowest BCUT2D eigenvalue weighted by Crippen LogP contribution is -2.49. The molecule has 0 bridgehead atoms. The van der Waals surface area contributed by atoms with E-state index >= 15 is 0 Å². The minimum Gasteiger partial charge on any atom is -0.368 e. The first-order valence-corrected chi connectivity index (χ1v) is 11.9. The molecule has 8 nitrogen and oxygen atoms in total. The van der Waals surface area contributed by atoms with Gasteiger partial charge in [-0.1, -0.05) is 23.7 Å². The summed E-state index contributed by atoms with van der Waals surface area (Å²) in [6.07, 6.45) is 3.09. The van der Waals surface area contributed by atoms with E-state index in [9.17, 15) is 13.2 Å². The Hall–Kier alpha value is -3.17. The molecule has 1 N–H and O–H groups in total. The zero-order valence-electron chi connectivity index (χ0n) is 17.2. The second-order valence-electron chi connectivity index (χ2n) is 7.37. The highest BCUT2D eigenvalue weighted by atomic mass is 35.5. The molecule has 0 saturated carbocycles. The number of rotatable bonds is 6. The van der Waals surface area contributed by atoms with Gasteiger partial charge >= 0.3 is 0 Å². The minimum absolute atomic E-state index is 0.0872. The van der Waals surface area contributed by atoms with Gasteiger partial charge in [0.2, 0.25) is 5.91 Å². The van der Waals surface area contributed by atoms with E-state index in [4.69, 9.17) is 11.6 Å². The molecule has 3 aromatic rings. The summed E-state index contributed by atoms with van der Waals surface area (Å²) in [6, 6.07) is 15.5. The van der Waals surface area contributed by atoms with Gasteiger partial charge < -0.3 is 9.80 Å². The zero-order valence-corrected chi connectivity index (χ0v) is 18.8. The Balaban J connectivity index is 1.33. The van der Waals surface area contributed by atoms with Crippen molar-refractivity contribution in [3.8, 4) is 0 Å². The van der Waals surface area contributed by atoms with Gasteiger partial charge in [0.15, 0.2) is 0 Å². The normalized spacial score (nSPS) is 14.3. The Morgan fingerprint density at radius 1 is 0.969 bits per heavy atom. The van der Waals surface area contributed by atoms with Crippen molar-refractivity contribution in [3.05, 3.63) is 77.7 Å². The van der Waals surface area contributed by atoms with Gasteiger partial charge in [0.25, 0.3) is 10.0 Å². The SMILES string of the molecule is O=C(Cc1ccc(Cl)cc1)N1CCN(c2ccc(S(=O)(=O)Nc3ccncn3)cc2)CC1. The van der Waals surface area contributed by atoms with Gasteiger partial charge in [-0.05, 0) is 48.0 Å². The first-order valence-electron chi connectivity index (χ1n) is 10.1. The van der Waals surface area contributed by atoms with Crippen LogP contribution in [0.5, 0.6) is 0 Å². The molecule has 1 aliphatic heterocycles. The highest BCUT2D eigenvalue weighted by Crippen LogP contribution is 2.21. The number of anilines is 2. The molecule has 0 spiro atoms. The first kappa shape index (κ1) is 22.0. The molecule has 2 aromatic carbocycles. The van der Waals surface area contributed by atoms with E-state index in [-0.39, 0.29) is 16.6 Å². The fraction of sp³-hybridized carbons (Fsp3) is 0.227. The van der Waals surface area contributed by atoms with E-state index < -0.39 is 10.0 Å². The van der Waals surface area contributed by atoms with Crippen LogP contribution in [-0.4, -0.2) is 55.4 Å². The molecule has 1 aromatic heterocycles. The molecule has 0 radical (unpaired) electrons. The van der Waals surface area contributed by atoms with Crippen molar-refractivity contribution in [1.29, 1.82) is 0 Å². The van der Waals surface area contributed by atoms with Crippen molar-refractivity contribution in [2.24, 2.45) is 0 Å². The quantitative estimate of drug-likeness (QED) is 0.594. The van der Waals surface area contributed by atoms with E-state index in [1.54, 1.807) is 36.4 Å². The summed E-state index contributed by atoms with van der Waals surface area (Å²) in [5.74, 6) is 0.299. The van der Waals surface area contributed by atoms with Gasteiger partial charge in [0, 0.05) is 43.1 Å². The molecule has 2 heterocycles. The average molecular weight is 472 g/mol. The maximum atomic E-state index is 12.6. The summed E-state index contributed by atoms with van der Waals surface area (Å²) in [5, 5.41) is 0.651. The fourth-order valence-electron chi connectivity index (χ4n) is 3.49. The third kappa shape index (κ3) is 5.35. The smallest absolute Gasteiger partial charge is 0.263 e. The first-order chi connectivity index (χ1) is 15.4. The fourth-order valence-corrected chi connectivity index (χ4v) is 4.62. The number of carbonyl (C=O) groups is 1. The Morgan fingerprint density at radius 2 is 1.66 bits per heavy atom. The van der Waals surface area contributed by atoms with Gasteiger partial charge in [-0.3, -0.25) is 9.52 Å². The van der Waals surface area contributed by atoms with Crippen molar-refractivity contribution >= 4 is 39.0 Å². The highest BCUT2D eigenvalue weighted by Gasteiger charge is 2.22. The van der Waals surface area contributed by atoms with Crippen LogP contribution in [0.2, 0.25) is 5.02 Å². The number of amides is 1. The van der Waals surface area contributed by atoms with Gasteiger partial charge in [0.05, 0.1) is 11.3 Å². The number of halogens is 1. The maximum absolute atomic E-state index is 12.6. The van der Waals surface area contributed by atoms with Crippen LogP contribution in [0, 0.1) is 0 Å². The van der Waals surface area contributed by atoms with Crippen molar-refractivity contribution in [3.63, 3.8) is 0 Å². The molecule has 4 rings (SSSR count). The molecule has 32 heavy (non-hydrogen) atoms. The monoisotopic (exact) mass is 471 g/mol. The molecular weight excluding hydrogens is 450 g/mol. The van der Waals surface area contributed by atoms with Gasteiger partial charge in [-0.15, -0.1) is 0 Å². The number of nitrogens with one attached hydrogen (secondary N) is 1. The number of benzene rings is 2. The highest BCUT2D eigenvalue weighted by molar-refractivity contribution is 7.92. The summed E-state index contributed by atoms with van der Waals surface area (Å²) in [6.45, 7) is 2.58. The topological polar surface area (TPSA) is 95.5 Å². The lowest BCUT2D eigenvalue weighted by Gasteiger charge is -2.36. The number of carbonyl (C=O) groups excluding carboxylic acids is 1. The van der Waals surface area contributed by atoms with Crippen LogP contribution in [0.3, 0.4) is 0 Å². The second kappa shape index (κ2) is 9.54. The summed E-state index contributed by atoms with van der Waals surface area (Å²) in [4.78, 5) is 24.4. The third-order valence-corrected chi connectivity index (χ3v) is 6.86. The van der Waals surface area contributed by atoms with Gasteiger partial charge in [-0.25, -0.2) is 18.4 Å². The number of hydrogen-bond acceptors (Lipinski definition) is 6. The van der Waals surface area contributed by atoms with Crippen LogP contribution < -0.4 is 9.62 Å². The number of aromatic nitrogens is 2. The molecule has 0 unspecified atom stereocenters. The molecule has 1 fully saturated rings. The summed E-state index contributed by atoms with van der Waals surface area (Å²) in [7, 11) is -3.73. The lowest BCUT2D eigenvalue weighted by molar-refractivity contribution is -0.130.